The van der Waals surface area contributed by atoms with Crippen LogP contribution in [-0.4, -0.2) is 10.9 Å². The van der Waals surface area contributed by atoms with E-state index in [1.54, 1.807) is 0 Å². The lowest BCUT2D eigenvalue weighted by Gasteiger charge is -2.15. The molecule has 0 aromatic heterocycles. The van der Waals surface area contributed by atoms with E-state index in [-0.39, 0.29) is 16.7 Å². The molecule has 0 spiro atoms. The summed E-state index contributed by atoms with van der Waals surface area (Å²) in [7, 11) is 0. The van der Waals surface area contributed by atoms with E-state index in [2.05, 4.69) is 4.84 Å². The van der Waals surface area contributed by atoms with Crippen molar-refractivity contribution in [3.05, 3.63) is 24.3 Å². The lowest BCUT2D eigenvalue weighted by molar-refractivity contribution is 0.0537. The van der Waals surface area contributed by atoms with Crippen molar-refractivity contribution < 1.29 is 13.2 Å². The number of alkyl halides is 4. The van der Waals surface area contributed by atoms with E-state index in [0.717, 1.165) is 0 Å². The molecule has 84 valence electrons. The van der Waals surface area contributed by atoms with Crippen molar-refractivity contribution >= 4 is 40.8 Å². The Hall–Kier alpha value is -0.260. The van der Waals surface area contributed by atoms with Crippen molar-refractivity contribution in [1.82, 2.24) is 0 Å². The highest BCUT2D eigenvalue weighted by atomic mass is 35.5. The molecule has 7 heteroatoms. The van der Waals surface area contributed by atoms with E-state index < -0.39 is 10.9 Å². The van der Waals surface area contributed by atoms with Gasteiger partial charge in [-0.25, -0.2) is 4.39 Å². The van der Waals surface area contributed by atoms with Crippen LogP contribution in [0.5, 0.6) is 0 Å². The lowest BCUT2D eigenvalue weighted by Crippen LogP contribution is -2.20. The van der Waals surface area contributed by atoms with E-state index in [1.807, 2.05) is 0 Å². The van der Waals surface area contributed by atoms with Gasteiger partial charge in [-0.3, -0.25) is 4.84 Å². The number of thioether (sulfide) groups is 1. The number of halogens is 5. The van der Waals surface area contributed by atoms with Gasteiger partial charge in [-0.2, -0.15) is 8.78 Å². The molecular weight excluding hydrogens is 270 g/mol. The van der Waals surface area contributed by atoms with E-state index in [4.69, 9.17) is 23.4 Å². The third-order valence-corrected chi connectivity index (χ3v) is 3.08. The minimum Gasteiger partial charge on any atom is -0.299 e. The molecule has 15 heavy (non-hydrogen) atoms. The highest BCUT2D eigenvalue weighted by Crippen LogP contribution is 2.41. The SMILES string of the molecule is FC(Cl)C(F)(F)Sc1ccc(NCl)cc1. The third-order valence-electron chi connectivity index (χ3n) is 1.47. The van der Waals surface area contributed by atoms with Gasteiger partial charge in [-0.15, -0.1) is 0 Å². The average Bonchev–Trinajstić information content (AvgIpc) is 2.18. The highest BCUT2D eigenvalue weighted by molar-refractivity contribution is 8.00. The first kappa shape index (κ1) is 12.8. The van der Waals surface area contributed by atoms with Crippen LogP contribution in [0.15, 0.2) is 29.2 Å². The van der Waals surface area contributed by atoms with Crippen LogP contribution in [0.2, 0.25) is 0 Å². The Morgan fingerprint density at radius 1 is 1.27 bits per heavy atom. The van der Waals surface area contributed by atoms with Gasteiger partial charge in [0, 0.05) is 22.4 Å². The van der Waals surface area contributed by atoms with E-state index in [1.165, 1.54) is 24.3 Å². The number of hydrogen-bond acceptors (Lipinski definition) is 2. The van der Waals surface area contributed by atoms with Crippen molar-refractivity contribution in [3.8, 4) is 0 Å². The first-order valence-corrected chi connectivity index (χ1v) is 5.40. The first-order chi connectivity index (χ1) is 6.95. The third kappa shape index (κ3) is 3.66. The van der Waals surface area contributed by atoms with Gasteiger partial charge in [0.05, 0.1) is 0 Å². The first-order valence-electron chi connectivity index (χ1n) is 3.77. The monoisotopic (exact) mass is 275 g/mol. The average molecular weight is 276 g/mol. The molecule has 0 saturated heterocycles. The Labute approximate surface area is 99.0 Å². The molecule has 1 unspecified atom stereocenters. The second-order valence-electron chi connectivity index (χ2n) is 2.58. The lowest BCUT2D eigenvalue weighted by atomic mass is 10.3. The van der Waals surface area contributed by atoms with Gasteiger partial charge in [-0.05, 0) is 36.0 Å². The zero-order valence-corrected chi connectivity index (χ0v) is 9.51. The van der Waals surface area contributed by atoms with Gasteiger partial charge in [-0.1, -0.05) is 11.6 Å². The fourth-order valence-electron chi connectivity index (χ4n) is 0.788. The number of anilines is 1. The molecule has 1 atom stereocenters. The normalized spacial score (nSPS) is 13.7. The zero-order valence-electron chi connectivity index (χ0n) is 7.18. The second-order valence-corrected chi connectivity index (χ2v) is 4.38. The Morgan fingerprint density at radius 2 is 1.80 bits per heavy atom. The van der Waals surface area contributed by atoms with E-state index >= 15 is 0 Å². The Kier molecular flexibility index (Phi) is 4.43. The van der Waals surface area contributed by atoms with Gasteiger partial charge in [0.25, 0.3) is 0 Å². The van der Waals surface area contributed by atoms with Crippen LogP contribution in [0.4, 0.5) is 18.9 Å². The van der Waals surface area contributed by atoms with Gasteiger partial charge in [0.15, 0.2) is 0 Å². The summed E-state index contributed by atoms with van der Waals surface area (Å²) in [5.41, 5.74) is -2.15. The summed E-state index contributed by atoms with van der Waals surface area (Å²) >= 11 is 10.0. The van der Waals surface area contributed by atoms with Crippen LogP contribution < -0.4 is 4.84 Å². The maximum absolute atomic E-state index is 12.8. The minimum atomic E-state index is -3.64. The minimum absolute atomic E-state index is 0.0620. The number of hydrogen-bond donors (Lipinski definition) is 1. The molecule has 1 nitrogen and oxygen atoms in total. The van der Waals surface area contributed by atoms with Gasteiger partial charge in [0.1, 0.15) is 0 Å². The molecular formula is C8H6Cl2F3NS. The van der Waals surface area contributed by atoms with Crippen LogP contribution in [-0.2, 0) is 0 Å². The van der Waals surface area contributed by atoms with Gasteiger partial charge in [0.2, 0.25) is 5.63 Å². The predicted octanol–water partition coefficient (Wildman–Crippen LogP) is 4.47. The number of rotatable bonds is 4. The van der Waals surface area contributed by atoms with Crippen molar-refractivity contribution in [2.45, 2.75) is 15.8 Å². The van der Waals surface area contributed by atoms with E-state index in [0.29, 0.717) is 5.69 Å². The molecule has 0 fully saturated rings. The summed E-state index contributed by atoms with van der Waals surface area (Å²) in [4.78, 5) is 2.52. The molecule has 0 heterocycles. The fraction of sp³-hybridized carbons (Fsp3) is 0.250. The van der Waals surface area contributed by atoms with Crippen molar-refractivity contribution in [1.29, 1.82) is 0 Å². The summed E-state index contributed by atoms with van der Waals surface area (Å²) < 4.78 is 37.9. The quantitative estimate of drug-likeness (QED) is 0.494. The van der Waals surface area contributed by atoms with Crippen molar-refractivity contribution in [2.24, 2.45) is 0 Å². The maximum atomic E-state index is 12.8. The largest absolute Gasteiger partial charge is 0.342 e. The van der Waals surface area contributed by atoms with E-state index in [9.17, 15) is 13.2 Å². The molecule has 0 aliphatic rings. The molecule has 1 N–H and O–H groups in total. The van der Waals surface area contributed by atoms with Crippen molar-refractivity contribution in [3.63, 3.8) is 0 Å². The predicted molar refractivity (Wildman–Crippen MR) is 57.5 cm³/mol. The Balaban J connectivity index is 2.73. The summed E-state index contributed by atoms with van der Waals surface area (Å²) in [6, 6.07) is 5.77. The topological polar surface area (TPSA) is 12.0 Å². The molecule has 0 aliphatic heterocycles. The molecule has 0 aliphatic carbocycles. The summed E-state index contributed by atoms with van der Waals surface area (Å²) in [6.07, 6.45) is 0. The molecule has 0 radical (unpaired) electrons. The standard InChI is InChI=1S/C8H6Cl2F3NS/c9-7(11)8(12,13)15-6-3-1-5(14-10)2-4-6/h1-4,7,14H. The molecule has 0 bridgehead atoms. The highest BCUT2D eigenvalue weighted by Gasteiger charge is 2.40. The summed E-state index contributed by atoms with van der Waals surface area (Å²) in [5.74, 6) is 0. The molecule has 0 saturated carbocycles. The van der Waals surface area contributed by atoms with Crippen LogP contribution in [0.1, 0.15) is 0 Å². The number of nitrogens with one attached hydrogen (secondary N) is 1. The molecule has 0 amide bonds. The van der Waals surface area contributed by atoms with Crippen LogP contribution in [0.25, 0.3) is 0 Å². The van der Waals surface area contributed by atoms with Crippen molar-refractivity contribution in [2.75, 3.05) is 4.84 Å². The fourth-order valence-corrected chi connectivity index (χ4v) is 1.72. The Bertz CT molecular complexity index is 318. The molecule has 1 aromatic carbocycles. The van der Waals surface area contributed by atoms with Crippen LogP contribution >= 0.6 is 35.1 Å². The Morgan fingerprint density at radius 3 is 2.20 bits per heavy atom. The van der Waals surface area contributed by atoms with Crippen LogP contribution in [0.3, 0.4) is 0 Å². The van der Waals surface area contributed by atoms with Gasteiger partial charge < -0.3 is 0 Å². The zero-order chi connectivity index (χ0) is 11.5. The second kappa shape index (κ2) is 5.18. The molecule has 1 rings (SSSR count). The summed E-state index contributed by atoms with van der Waals surface area (Å²) in [5, 5.41) is -3.64. The van der Waals surface area contributed by atoms with Crippen LogP contribution in [0, 0.1) is 0 Å². The van der Waals surface area contributed by atoms with Gasteiger partial charge >= 0.3 is 5.25 Å². The number of benzene rings is 1. The maximum Gasteiger partial charge on any atom is 0.342 e. The smallest absolute Gasteiger partial charge is 0.299 e. The molecule has 1 aromatic rings. The summed E-state index contributed by atoms with van der Waals surface area (Å²) in [6.45, 7) is 0.